The largest absolute Gasteiger partial charge is 0.463 e. The van der Waals surface area contributed by atoms with Crippen LogP contribution in [-0.4, -0.2) is 19.1 Å². The van der Waals surface area contributed by atoms with Crippen LogP contribution in [0.25, 0.3) is 0 Å². The Balaban J connectivity index is 2.28. The first-order chi connectivity index (χ1) is 9.13. The molecule has 4 heteroatoms. The molecule has 1 heterocycles. The van der Waals surface area contributed by atoms with Crippen molar-refractivity contribution in [3.8, 4) is 0 Å². The van der Waals surface area contributed by atoms with Crippen LogP contribution in [-0.2, 0) is 9.53 Å². The molecular formula is C15H18BrNO2. The van der Waals surface area contributed by atoms with Gasteiger partial charge in [0.1, 0.15) is 0 Å². The van der Waals surface area contributed by atoms with E-state index in [1.165, 1.54) is 5.56 Å². The maximum Gasteiger partial charge on any atom is 0.332 e. The first kappa shape index (κ1) is 14.1. The molecule has 0 aromatic heterocycles. The molecule has 1 aromatic rings. The van der Waals surface area contributed by atoms with Gasteiger partial charge in [-0.15, -0.1) is 0 Å². The number of benzene rings is 1. The highest BCUT2D eigenvalue weighted by Gasteiger charge is 2.22. The lowest BCUT2D eigenvalue weighted by Gasteiger charge is -2.22. The molecule has 1 aliphatic heterocycles. The number of halogens is 1. The molecule has 0 aliphatic carbocycles. The number of esters is 1. The molecule has 0 unspecified atom stereocenters. The fourth-order valence-electron chi connectivity index (χ4n) is 2.28. The van der Waals surface area contributed by atoms with Gasteiger partial charge in [-0.05, 0) is 54.2 Å². The number of allylic oxidation sites excluding steroid dienone is 1. The van der Waals surface area contributed by atoms with E-state index in [9.17, 15) is 4.79 Å². The van der Waals surface area contributed by atoms with E-state index >= 15 is 0 Å². The number of aryl methyl sites for hydroxylation is 1. The first-order valence-corrected chi connectivity index (χ1v) is 7.32. The van der Waals surface area contributed by atoms with Crippen molar-refractivity contribution in [2.45, 2.75) is 26.7 Å². The molecule has 0 N–H and O–H groups in total. The van der Waals surface area contributed by atoms with Crippen LogP contribution >= 0.6 is 15.9 Å². The lowest BCUT2D eigenvalue weighted by Crippen LogP contribution is -2.18. The molecule has 2 rings (SSSR count). The summed E-state index contributed by atoms with van der Waals surface area (Å²) in [6, 6.07) is 6.18. The number of carbonyl (C=O) groups is 1. The molecule has 1 aromatic carbocycles. The van der Waals surface area contributed by atoms with Crippen LogP contribution in [0.5, 0.6) is 0 Å². The minimum atomic E-state index is -0.256. The number of carbonyl (C=O) groups excluding carboxylic acids is 1. The first-order valence-electron chi connectivity index (χ1n) is 6.53. The highest BCUT2D eigenvalue weighted by molar-refractivity contribution is 9.10. The van der Waals surface area contributed by atoms with Gasteiger partial charge >= 0.3 is 5.97 Å². The summed E-state index contributed by atoms with van der Waals surface area (Å²) in [5.74, 6) is -0.256. The van der Waals surface area contributed by atoms with Crippen molar-refractivity contribution in [3.05, 3.63) is 40.0 Å². The van der Waals surface area contributed by atoms with Crippen LogP contribution in [0, 0.1) is 6.92 Å². The molecular weight excluding hydrogens is 306 g/mol. The Kier molecular flexibility index (Phi) is 4.64. The van der Waals surface area contributed by atoms with E-state index in [4.69, 9.17) is 4.74 Å². The zero-order valence-corrected chi connectivity index (χ0v) is 12.9. The van der Waals surface area contributed by atoms with E-state index in [-0.39, 0.29) is 5.97 Å². The Morgan fingerprint density at radius 3 is 3.05 bits per heavy atom. The topological polar surface area (TPSA) is 29.5 Å². The zero-order chi connectivity index (χ0) is 13.8. The summed E-state index contributed by atoms with van der Waals surface area (Å²) in [4.78, 5) is 13.8. The normalized spacial score (nSPS) is 17.0. The Labute approximate surface area is 122 Å². The minimum absolute atomic E-state index is 0.256. The number of nitrogens with zero attached hydrogens (tertiary/aromatic N) is 1. The summed E-state index contributed by atoms with van der Waals surface area (Å²) < 4.78 is 6.08. The molecule has 102 valence electrons. The molecule has 1 saturated heterocycles. The Morgan fingerprint density at radius 1 is 1.53 bits per heavy atom. The summed E-state index contributed by atoms with van der Waals surface area (Å²) in [6.07, 6.45) is 3.59. The van der Waals surface area contributed by atoms with Crippen molar-refractivity contribution >= 4 is 27.6 Å². The van der Waals surface area contributed by atoms with Gasteiger partial charge < -0.3 is 9.64 Å². The molecule has 1 aliphatic rings. The van der Waals surface area contributed by atoms with E-state index in [2.05, 4.69) is 39.9 Å². The minimum Gasteiger partial charge on any atom is -0.463 e. The predicted molar refractivity (Wildman–Crippen MR) is 80.2 cm³/mol. The van der Waals surface area contributed by atoms with Crippen molar-refractivity contribution in [1.82, 2.24) is 0 Å². The fourth-order valence-corrected chi connectivity index (χ4v) is 2.76. The van der Waals surface area contributed by atoms with E-state index in [1.54, 1.807) is 6.08 Å². The standard InChI is InChI=1S/C15H18BrNO2/c1-3-19-14(18)10-12-7-5-9-17(12)13-8-4-6-11(2)15(13)16/h4,6,8,10H,3,5,7,9H2,1-2H3/b12-10+. The molecule has 0 bridgehead atoms. The van der Waals surface area contributed by atoms with Crippen molar-refractivity contribution < 1.29 is 9.53 Å². The number of ether oxygens (including phenoxy) is 1. The molecule has 0 saturated carbocycles. The van der Waals surface area contributed by atoms with Gasteiger partial charge in [-0.3, -0.25) is 0 Å². The molecule has 0 radical (unpaired) electrons. The molecule has 3 nitrogen and oxygen atoms in total. The smallest absolute Gasteiger partial charge is 0.332 e. The van der Waals surface area contributed by atoms with E-state index in [0.29, 0.717) is 6.61 Å². The van der Waals surface area contributed by atoms with Gasteiger partial charge in [0.2, 0.25) is 0 Å². The summed E-state index contributed by atoms with van der Waals surface area (Å²) >= 11 is 3.63. The summed E-state index contributed by atoms with van der Waals surface area (Å²) in [5.41, 5.74) is 3.35. The zero-order valence-electron chi connectivity index (χ0n) is 11.3. The van der Waals surface area contributed by atoms with Gasteiger partial charge in [-0.2, -0.15) is 0 Å². The molecule has 0 spiro atoms. The number of hydrogen-bond donors (Lipinski definition) is 0. The van der Waals surface area contributed by atoms with Crippen LogP contribution in [0.15, 0.2) is 34.4 Å². The van der Waals surface area contributed by atoms with Crippen molar-refractivity contribution in [2.24, 2.45) is 0 Å². The van der Waals surface area contributed by atoms with Gasteiger partial charge in [-0.25, -0.2) is 4.79 Å². The van der Waals surface area contributed by atoms with Crippen LogP contribution in [0.4, 0.5) is 5.69 Å². The SMILES string of the molecule is CCOC(=O)/C=C1\CCCN1c1cccc(C)c1Br. The van der Waals surface area contributed by atoms with Crippen molar-refractivity contribution in [3.63, 3.8) is 0 Å². The molecule has 0 atom stereocenters. The predicted octanol–water partition coefficient (Wildman–Crippen LogP) is 3.80. The van der Waals surface area contributed by atoms with Crippen molar-refractivity contribution in [1.29, 1.82) is 0 Å². The third kappa shape index (κ3) is 3.18. The second kappa shape index (κ2) is 6.24. The van der Waals surface area contributed by atoms with E-state index in [0.717, 1.165) is 35.2 Å². The third-order valence-corrected chi connectivity index (χ3v) is 4.23. The Bertz CT molecular complexity index is 511. The molecule has 1 fully saturated rings. The van der Waals surface area contributed by atoms with Crippen LogP contribution < -0.4 is 4.90 Å². The molecule has 0 amide bonds. The van der Waals surface area contributed by atoms with Gasteiger partial charge in [-0.1, -0.05) is 12.1 Å². The monoisotopic (exact) mass is 323 g/mol. The Morgan fingerprint density at radius 2 is 2.32 bits per heavy atom. The average Bonchev–Trinajstić information content (AvgIpc) is 2.81. The summed E-state index contributed by atoms with van der Waals surface area (Å²) in [7, 11) is 0. The lowest BCUT2D eigenvalue weighted by molar-refractivity contribution is -0.137. The maximum atomic E-state index is 11.6. The number of hydrogen-bond acceptors (Lipinski definition) is 3. The summed E-state index contributed by atoms with van der Waals surface area (Å²) in [5, 5.41) is 0. The van der Waals surface area contributed by atoms with Gasteiger partial charge in [0.15, 0.2) is 0 Å². The summed E-state index contributed by atoms with van der Waals surface area (Å²) in [6.45, 7) is 5.24. The fraction of sp³-hybridized carbons (Fsp3) is 0.400. The second-order valence-electron chi connectivity index (χ2n) is 4.55. The Hall–Kier alpha value is -1.29. The van der Waals surface area contributed by atoms with Gasteiger partial charge in [0.05, 0.1) is 12.3 Å². The maximum absolute atomic E-state index is 11.6. The lowest BCUT2D eigenvalue weighted by atomic mass is 10.2. The van der Waals surface area contributed by atoms with Crippen LogP contribution in [0.1, 0.15) is 25.3 Å². The molecule has 19 heavy (non-hydrogen) atoms. The van der Waals surface area contributed by atoms with Crippen molar-refractivity contribution in [2.75, 3.05) is 18.1 Å². The van der Waals surface area contributed by atoms with Crippen LogP contribution in [0.3, 0.4) is 0 Å². The highest BCUT2D eigenvalue weighted by Crippen LogP contribution is 2.35. The van der Waals surface area contributed by atoms with E-state index in [1.807, 2.05) is 13.0 Å². The highest BCUT2D eigenvalue weighted by atomic mass is 79.9. The average molecular weight is 324 g/mol. The second-order valence-corrected chi connectivity index (χ2v) is 5.34. The van der Waals surface area contributed by atoms with Crippen LogP contribution in [0.2, 0.25) is 0 Å². The quantitative estimate of drug-likeness (QED) is 0.625. The third-order valence-electron chi connectivity index (χ3n) is 3.19. The number of anilines is 1. The van der Waals surface area contributed by atoms with Gasteiger partial charge in [0, 0.05) is 22.8 Å². The van der Waals surface area contributed by atoms with Gasteiger partial charge in [0.25, 0.3) is 0 Å². The number of rotatable bonds is 3. The van der Waals surface area contributed by atoms with E-state index < -0.39 is 0 Å².